The van der Waals surface area contributed by atoms with Crippen LogP contribution in [0.15, 0.2) is 0 Å². The molecule has 0 aliphatic carbocycles. The van der Waals surface area contributed by atoms with E-state index >= 15 is 0 Å². The predicted molar refractivity (Wildman–Crippen MR) is 53.7 cm³/mol. The fourth-order valence-electron chi connectivity index (χ4n) is 0.447. The highest BCUT2D eigenvalue weighted by atomic mass is 14.9. The topological polar surface area (TPSA) is 116 Å². The van der Waals surface area contributed by atoms with Crippen molar-refractivity contribution in [2.45, 2.75) is 6.42 Å². The van der Waals surface area contributed by atoms with E-state index in [-0.39, 0.29) is 0 Å². The molecule has 0 rings (SSSR count). The third-order valence-electron chi connectivity index (χ3n) is 1.05. The van der Waals surface area contributed by atoms with Gasteiger partial charge >= 0.3 is 0 Å². The Morgan fingerprint density at radius 2 is 1.08 bits per heavy atom. The standard InChI is InChI=1S/C4H13N3.C3H10N2/c5-1-3-7-4-2-6;4-2-1-3-5/h7H,1-6H2;1-5H2. The van der Waals surface area contributed by atoms with Gasteiger partial charge in [0.1, 0.15) is 0 Å². The number of hydrogen-bond acceptors (Lipinski definition) is 5. The average Bonchev–Trinajstić information content (AvgIpc) is 2.08. The molecule has 0 aromatic carbocycles. The van der Waals surface area contributed by atoms with Crippen molar-refractivity contribution in [3.8, 4) is 0 Å². The van der Waals surface area contributed by atoms with Crippen molar-refractivity contribution < 1.29 is 0 Å². The van der Waals surface area contributed by atoms with Crippen LogP contribution in [0.25, 0.3) is 0 Å². The molecule has 0 aromatic rings. The Kier molecular flexibility index (Phi) is 20.4. The molecule has 0 aromatic heterocycles. The van der Waals surface area contributed by atoms with Gasteiger partial charge in [0.15, 0.2) is 0 Å². The second-order valence-corrected chi connectivity index (χ2v) is 2.26. The van der Waals surface area contributed by atoms with Crippen molar-refractivity contribution in [2.75, 3.05) is 39.3 Å². The zero-order chi connectivity index (χ0) is 9.66. The van der Waals surface area contributed by atoms with Gasteiger partial charge in [0, 0.05) is 26.2 Å². The van der Waals surface area contributed by atoms with Crippen molar-refractivity contribution in [3.05, 3.63) is 0 Å². The third-order valence-corrected chi connectivity index (χ3v) is 1.05. The van der Waals surface area contributed by atoms with Gasteiger partial charge in [-0.3, -0.25) is 0 Å². The number of nitrogens with one attached hydrogen (secondary N) is 1. The molecule has 76 valence electrons. The van der Waals surface area contributed by atoms with E-state index in [2.05, 4.69) is 5.32 Å². The van der Waals surface area contributed by atoms with Gasteiger partial charge in [0.05, 0.1) is 0 Å². The minimum Gasteiger partial charge on any atom is -0.330 e. The van der Waals surface area contributed by atoms with E-state index in [0.29, 0.717) is 13.1 Å². The predicted octanol–water partition coefficient (Wildman–Crippen LogP) is -2.21. The molecular weight excluding hydrogens is 154 g/mol. The fraction of sp³-hybridized carbons (Fsp3) is 1.00. The molecule has 0 radical (unpaired) electrons. The molecule has 0 aliphatic rings. The molecule has 9 N–H and O–H groups in total. The lowest BCUT2D eigenvalue weighted by molar-refractivity contribution is 0.696. The Bertz CT molecular complexity index is 53.8. The largest absolute Gasteiger partial charge is 0.330 e. The summed E-state index contributed by atoms with van der Waals surface area (Å²) in [7, 11) is 0. The van der Waals surface area contributed by atoms with E-state index in [9.17, 15) is 0 Å². The molecule has 0 amide bonds. The molecule has 0 saturated carbocycles. The first-order valence-corrected chi connectivity index (χ1v) is 4.34. The van der Waals surface area contributed by atoms with Crippen LogP contribution in [0.5, 0.6) is 0 Å². The summed E-state index contributed by atoms with van der Waals surface area (Å²) in [6.07, 6.45) is 0.944. The minimum absolute atomic E-state index is 0.694. The highest BCUT2D eigenvalue weighted by Crippen LogP contribution is 1.58. The Labute approximate surface area is 74.8 Å². The fourth-order valence-corrected chi connectivity index (χ4v) is 0.447. The van der Waals surface area contributed by atoms with E-state index in [0.717, 1.165) is 32.6 Å². The monoisotopic (exact) mass is 177 g/mol. The zero-order valence-corrected chi connectivity index (χ0v) is 7.76. The lowest BCUT2D eigenvalue weighted by Gasteiger charge is -1.95. The van der Waals surface area contributed by atoms with Crippen LogP contribution >= 0.6 is 0 Å². The van der Waals surface area contributed by atoms with Crippen LogP contribution in [-0.2, 0) is 0 Å². The highest BCUT2D eigenvalue weighted by molar-refractivity contribution is 4.45. The van der Waals surface area contributed by atoms with Gasteiger partial charge in [-0.05, 0) is 19.5 Å². The van der Waals surface area contributed by atoms with Crippen molar-refractivity contribution in [2.24, 2.45) is 22.9 Å². The molecule has 0 spiro atoms. The van der Waals surface area contributed by atoms with Crippen molar-refractivity contribution >= 4 is 0 Å². The second-order valence-electron chi connectivity index (χ2n) is 2.26. The van der Waals surface area contributed by atoms with Crippen LogP contribution in [0.4, 0.5) is 0 Å². The van der Waals surface area contributed by atoms with Crippen LogP contribution in [0, 0.1) is 0 Å². The van der Waals surface area contributed by atoms with Crippen molar-refractivity contribution in [1.82, 2.24) is 5.32 Å². The van der Waals surface area contributed by atoms with Gasteiger partial charge in [0.2, 0.25) is 0 Å². The van der Waals surface area contributed by atoms with Gasteiger partial charge in [-0.15, -0.1) is 0 Å². The first-order chi connectivity index (χ1) is 5.83. The highest BCUT2D eigenvalue weighted by Gasteiger charge is 1.76. The van der Waals surface area contributed by atoms with Gasteiger partial charge in [-0.2, -0.15) is 0 Å². The number of rotatable bonds is 6. The van der Waals surface area contributed by atoms with Gasteiger partial charge in [0.25, 0.3) is 0 Å². The number of hydrogen-bond donors (Lipinski definition) is 5. The molecule has 0 bridgehead atoms. The Morgan fingerprint density at radius 3 is 1.25 bits per heavy atom. The molecule has 5 heteroatoms. The van der Waals surface area contributed by atoms with Crippen LogP contribution in [-0.4, -0.2) is 39.3 Å². The lowest BCUT2D eigenvalue weighted by atomic mass is 10.4. The van der Waals surface area contributed by atoms with Crippen LogP contribution < -0.4 is 28.3 Å². The molecule has 0 atom stereocenters. The van der Waals surface area contributed by atoms with E-state index in [1.165, 1.54) is 0 Å². The maximum atomic E-state index is 5.17. The summed E-state index contributed by atoms with van der Waals surface area (Å²) >= 11 is 0. The smallest absolute Gasteiger partial charge is 0.00750 e. The maximum absolute atomic E-state index is 5.17. The number of nitrogens with two attached hydrogens (primary N) is 4. The molecule has 0 aliphatic heterocycles. The lowest BCUT2D eigenvalue weighted by Crippen LogP contribution is -2.27. The Morgan fingerprint density at radius 1 is 0.667 bits per heavy atom. The van der Waals surface area contributed by atoms with Crippen LogP contribution in [0.3, 0.4) is 0 Å². The quantitative estimate of drug-likeness (QED) is 0.295. The SMILES string of the molecule is NCCCN.NCCNCCN. The van der Waals surface area contributed by atoms with Crippen LogP contribution in [0.1, 0.15) is 6.42 Å². The molecule has 0 saturated heterocycles. The summed E-state index contributed by atoms with van der Waals surface area (Å²) in [6.45, 7) is 4.57. The molecule has 0 fully saturated rings. The first kappa shape index (κ1) is 14.3. The first-order valence-electron chi connectivity index (χ1n) is 4.34. The molecule has 0 heterocycles. The molecule has 12 heavy (non-hydrogen) atoms. The third kappa shape index (κ3) is 22.6. The van der Waals surface area contributed by atoms with Crippen molar-refractivity contribution in [3.63, 3.8) is 0 Å². The minimum atomic E-state index is 0.694. The van der Waals surface area contributed by atoms with E-state index < -0.39 is 0 Å². The average molecular weight is 177 g/mol. The summed E-state index contributed by atoms with van der Waals surface area (Å²) in [5.41, 5.74) is 20.4. The summed E-state index contributed by atoms with van der Waals surface area (Å²) in [5, 5.41) is 3.03. The maximum Gasteiger partial charge on any atom is 0.00750 e. The zero-order valence-electron chi connectivity index (χ0n) is 7.76. The van der Waals surface area contributed by atoms with Gasteiger partial charge in [-0.1, -0.05) is 0 Å². The molecular formula is C7H23N5. The second kappa shape index (κ2) is 17.0. The van der Waals surface area contributed by atoms with Gasteiger partial charge < -0.3 is 28.3 Å². The van der Waals surface area contributed by atoms with E-state index in [1.807, 2.05) is 0 Å². The molecule has 0 unspecified atom stereocenters. The van der Waals surface area contributed by atoms with Crippen LogP contribution in [0.2, 0.25) is 0 Å². The Balaban J connectivity index is 0. The van der Waals surface area contributed by atoms with E-state index in [1.54, 1.807) is 0 Å². The summed E-state index contributed by atoms with van der Waals surface area (Å²) in [4.78, 5) is 0. The molecule has 5 nitrogen and oxygen atoms in total. The van der Waals surface area contributed by atoms with E-state index in [4.69, 9.17) is 22.9 Å². The normalized spacial score (nSPS) is 9.00. The summed E-state index contributed by atoms with van der Waals surface area (Å²) in [5.74, 6) is 0. The van der Waals surface area contributed by atoms with Gasteiger partial charge in [-0.25, -0.2) is 0 Å². The summed E-state index contributed by atoms with van der Waals surface area (Å²) < 4.78 is 0. The van der Waals surface area contributed by atoms with Crippen molar-refractivity contribution in [1.29, 1.82) is 0 Å². The Hall–Kier alpha value is -0.200. The summed E-state index contributed by atoms with van der Waals surface area (Å²) in [6, 6.07) is 0.